The van der Waals surface area contributed by atoms with E-state index in [1.54, 1.807) is 12.5 Å². The van der Waals surface area contributed by atoms with E-state index in [4.69, 9.17) is 5.26 Å². The average molecular weight is 343 g/mol. The van der Waals surface area contributed by atoms with E-state index in [0.717, 1.165) is 35.3 Å². The zero-order chi connectivity index (χ0) is 12.1. The highest BCUT2D eigenvalue weighted by molar-refractivity contribution is 14.1. The lowest BCUT2D eigenvalue weighted by Gasteiger charge is -2.31. The van der Waals surface area contributed by atoms with E-state index in [0.29, 0.717) is 12.6 Å². The van der Waals surface area contributed by atoms with Crippen LogP contribution in [-0.4, -0.2) is 40.5 Å². The molecule has 0 amide bonds. The van der Waals surface area contributed by atoms with Crippen molar-refractivity contribution in [3.63, 3.8) is 0 Å². The minimum atomic E-state index is 0.452. The predicted molar refractivity (Wildman–Crippen MR) is 73.4 cm³/mol. The second kappa shape index (κ2) is 6.12. The number of piperidine rings is 1. The maximum Gasteiger partial charge on any atom is 0.143 e. The summed E-state index contributed by atoms with van der Waals surface area (Å²) in [4.78, 5) is 10.4. The zero-order valence-electron chi connectivity index (χ0n) is 9.43. The number of anilines is 1. The van der Waals surface area contributed by atoms with E-state index >= 15 is 0 Å². The summed E-state index contributed by atoms with van der Waals surface area (Å²) in [5.41, 5.74) is 0. The molecule has 0 bridgehead atoms. The SMILES string of the molecule is N#CCN1CCC(Nc2ncncc2I)CC1. The molecule has 0 saturated carbocycles. The Morgan fingerprint density at radius 2 is 2.29 bits per heavy atom. The average Bonchev–Trinajstić information content (AvgIpc) is 2.35. The number of nitrogens with one attached hydrogen (secondary N) is 1. The smallest absolute Gasteiger partial charge is 0.143 e. The highest BCUT2D eigenvalue weighted by Gasteiger charge is 2.19. The van der Waals surface area contributed by atoms with Crippen LogP contribution in [0.15, 0.2) is 12.5 Å². The molecule has 0 spiro atoms. The molecule has 0 radical (unpaired) electrons. The summed E-state index contributed by atoms with van der Waals surface area (Å²) in [6, 6.07) is 2.65. The minimum Gasteiger partial charge on any atom is -0.366 e. The van der Waals surface area contributed by atoms with Crippen molar-refractivity contribution in [3.05, 3.63) is 16.1 Å². The maximum absolute atomic E-state index is 8.63. The fraction of sp³-hybridized carbons (Fsp3) is 0.545. The predicted octanol–water partition coefficient (Wildman–Crippen LogP) is 1.48. The summed E-state index contributed by atoms with van der Waals surface area (Å²) in [7, 11) is 0. The molecule has 6 heteroatoms. The fourth-order valence-corrected chi connectivity index (χ4v) is 2.40. The Morgan fingerprint density at radius 3 is 2.94 bits per heavy atom. The first kappa shape index (κ1) is 12.5. The molecule has 1 N–H and O–H groups in total. The van der Waals surface area contributed by atoms with Gasteiger partial charge in [0, 0.05) is 25.3 Å². The Kier molecular flexibility index (Phi) is 4.50. The number of rotatable bonds is 3. The molecule has 0 aromatic carbocycles. The Labute approximate surface area is 114 Å². The van der Waals surface area contributed by atoms with Gasteiger partial charge in [-0.1, -0.05) is 0 Å². The third-order valence-electron chi connectivity index (χ3n) is 2.89. The van der Waals surface area contributed by atoms with Crippen LogP contribution in [0.2, 0.25) is 0 Å². The van der Waals surface area contributed by atoms with Gasteiger partial charge in [0.15, 0.2) is 0 Å². The van der Waals surface area contributed by atoms with Crippen molar-refractivity contribution in [2.45, 2.75) is 18.9 Å². The van der Waals surface area contributed by atoms with Gasteiger partial charge in [-0.15, -0.1) is 0 Å². The van der Waals surface area contributed by atoms with Crippen molar-refractivity contribution in [1.82, 2.24) is 14.9 Å². The van der Waals surface area contributed by atoms with E-state index in [2.05, 4.69) is 48.8 Å². The van der Waals surface area contributed by atoms with E-state index in [1.165, 1.54) is 0 Å². The molecule has 1 fully saturated rings. The van der Waals surface area contributed by atoms with E-state index in [-0.39, 0.29) is 0 Å². The number of hydrogen-bond donors (Lipinski definition) is 1. The quantitative estimate of drug-likeness (QED) is 0.665. The van der Waals surface area contributed by atoms with Crippen LogP contribution >= 0.6 is 22.6 Å². The van der Waals surface area contributed by atoms with Crippen LogP contribution in [0.1, 0.15) is 12.8 Å². The van der Waals surface area contributed by atoms with Gasteiger partial charge < -0.3 is 5.32 Å². The van der Waals surface area contributed by atoms with Crippen LogP contribution in [-0.2, 0) is 0 Å². The Morgan fingerprint density at radius 1 is 1.53 bits per heavy atom. The molecule has 2 heterocycles. The van der Waals surface area contributed by atoms with E-state index < -0.39 is 0 Å². The second-order valence-electron chi connectivity index (χ2n) is 4.07. The van der Waals surface area contributed by atoms with Crippen LogP contribution in [0.25, 0.3) is 0 Å². The monoisotopic (exact) mass is 343 g/mol. The van der Waals surface area contributed by atoms with Gasteiger partial charge in [0.2, 0.25) is 0 Å². The molecular weight excluding hydrogens is 329 g/mol. The molecule has 1 saturated heterocycles. The molecule has 90 valence electrons. The topological polar surface area (TPSA) is 64.8 Å². The molecule has 5 nitrogen and oxygen atoms in total. The van der Waals surface area contributed by atoms with Gasteiger partial charge in [-0.3, -0.25) is 4.90 Å². The van der Waals surface area contributed by atoms with Gasteiger partial charge in [0.25, 0.3) is 0 Å². The molecule has 0 aliphatic carbocycles. The van der Waals surface area contributed by atoms with Crippen molar-refractivity contribution < 1.29 is 0 Å². The molecule has 1 aliphatic heterocycles. The third kappa shape index (κ3) is 3.51. The first-order valence-electron chi connectivity index (χ1n) is 5.61. The molecule has 2 rings (SSSR count). The zero-order valence-corrected chi connectivity index (χ0v) is 11.6. The third-order valence-corrected chi connectivity index (χ3v) is 3.68. The Balaban J connectivity index is 1.86. The van der Waals surface area contributed by atoms with Crippen molar-refractivity contribution in [2.24, 2.45) is 0 Å². The molecule has 1 aromatic rings. The lowest BCUT2D eigenvalue weighted by atomic mass is 10.1. The van der Waals surface area contributed by atoms with Crippen LogP contribution in [0.4, 0.5) is 5.82 Å². The molecular formula is C11H14IN5. The van der Waals surface area contributed by atoms with Gasteiger partial charge in [0.05, 0.1) is 16.2 Å². The summed E-state index contributed by atoms with van der Waals surface area (Å²) in [5.74, 6) is 0.916. The Bertz CT molecular complexity index is 409. The number of likely N-dealkylation sites (tertiary alicyclic amines) is 1. The molecule has 17 heavy (non-hydrogen) atoms. The van der Waals surface area contributed by atoms with Crippen LogP contribution in [0.3, 0.4) is 0 Å². The largest absolute Gasteiger partial charge is 0.366 e. The second-order valence-corrected chi connectivity index (χ2v) is 5.23. The van der Waals surface area contributed by atoms with Crippen LogP contribution in [0, 0.1) is 14.9 Å². The summed E-state index contributed by atoms with van der Waals surface area (Å²) in [6.45, 7) is 2.50. The Hall–Kier alpha value is -0.940. The number of halogens is 1. The van der Waals surface area contributed by atoms with Crippen molar-refractivity contribution in [3.8, 4) is 6.07 Å². The normalized spacial score (nSPS) is 17.6. The number of aromatic nitrogens is 2. The highest BCUT2D eigenvalue weighted by atomic mass is 127. The van der Waals surface area contributed by atoms with Gasteiger partial charge in [-0.25, -0.2) is 9.97 Å². The van der Waals surface area contributed by atoms with E-state index in [9.17, 15) is 0 Å². The lowest BCUT2D eigenvalue weighted by Crippen LogP contribution is -2.39. The molecule has 1 aliphatic rings. The van der Waals surface area contributed by atoms with Crippen LogP contribution < -0.4 is 5.32 Å². The highest BCUT2D eigenvalue weighted by Crippen LogP contribution is 2.18. The summed E-state index contributed by atoms with van der Waals surface area (Å²) < 4.78 is 1.05. The van der Waals surface area contributed by atoms with Crippen molar-refractivity contribution in [2.75, 3.05) is 25.0 Å². The van der Waals surface area contributed by atoms with Crippen molar-refractivity contribution in [1.29, 1.82) is 5.26 Å². The fourth-order valence-electron chi connectivity index (χ4n) is 1.95. The summed E-state index contributed by atoms with van der Waals surface area (Å²) in [5, 5.41) is 12.1. The number of nitrogens with zero attached hydrogens (tertiary/aromatic N) is 4. The number of hydrogen-bond acceptors (Lipinski definition) is 5. The van der Waals surface area contributed by atoms with Gasteiger partial charge >= 0.3 is 0 Å². The van der Waals surface area contributed by atoms with E-state index in [1.807, 2.05) is 0 Å². The summed E-state index contributed by atoms with van der Waals surface area (Å²) in [6.07, 6.45) is 5.49. The molecule has 0 atom stereocenters. The lowest BCUT2D eigenvalue weighted by molar-refractivity contribution is 0.242. The first-order chi connectivity index (χ1) is 8.29. The van der Waals surface area contributed by atoms with Gasteiger partial charge in [0.1, 0.15) is 12.1 Å². The van der Waals surface area contributed by atoms with Gasteiger partial charge in [-0.05, 0) is 35.4 Å². The maximum atomic E-state index is 8.63. The standard InChI is InChI=1S/C11H14IN5/c12-10-7-14-8-15-11(10)16-9-1-4-17(5-2-9)6-3-13/h7-9H,1-2,4-6H2,(H,14,15,16). The minimum absolute atomic E-state index is 0.452. The molecule has 1 aromatic heterocycles. The summed E-state index contributed by atoms with van der Waals surface area (Å²) >= 11 is 2.23. The first-order valence-corrected chi connectivity index (χ1v) is 6.69. The van der Waals surface area contributed by atoms with Crippen LogP contribution in [0.5, 0.6) is 0 Å². The number of nitriles is 1. The molecule has 0 unspecified atom stereocenters. The van der Waals surface area contributed by atoms with Crippen molar-refractivity contribution >= 4 is 28.4 Å². The van der Waals surface area contributed by atoms with Gasteiger partial charge in [-0.2, -0.15) is 5.26 Å².